The Labute approximate surface area is 271 Å². The second-order valence-electron chi connectivity index (χ2n) is 6.39. The van der Waals surface area contributed by atoms with Crippen molar-refractivity contribution in [2.75, 3.05) is 104 Å². The lowest BCUT2D eigenvalue weighted by Gasteiger charge is -2.03. The van der Waals surface area contributed by atoms with Crippen molar-refractivity contribution in [3.05, 3.63) is 25.3 Å². The van der Waals surface area contributed by atoms with Crippen molar-refractivity contribution in [2.45, 2.75) is 12.8 Å². The Kier molecular flexibility index (Phi) is 57.6. The summed E-state index contributed by atoms with van der Waals surface area (Å²) in [5.74, 6) is 21.4. The molecule has 0 heterocycles. The number of hydrogen-bond donors (Lipinski definition) is 4. The largest absolute Gasteiger partial charge is 0.179 e. The van der Waals surface area contributed by atoms with Crippen LogP contribution >= 0.6 is 133 Å². The van der Waals surface area contributed by atoms with E-state index in [-0.39, 0.29) is 0 Å². The lowest BCUT2D eigenvalue weighted by atomic mass is 10.6. The summed E-state index contributed by atoms with van der Waals surface area (Å²) in [4.78, 5) is 0. The van der Waals surface area contributed by atoms with Crippen molar-refractivity contribution < 1.29 is 0 Å². The van der Waals surface area contributed by atoms with Crippen LogP contribution in [0.1, 0.15) is 12.8 Å². The lowest BCUT2D eigenvalue weighted by molar-refractivity contribution is 1.09. The Morgan fingerprint density at radius 1 is 0.371 bits per heavy atom. The quantitative estimate of drug-likeness (QED) is 0.0401. The third-order valence-electron chi connectivity index (χ3n) is 3.31. The maximum atomic E-state index is 4.22. The van der Waals surface area contributed by atoms with Crippen LogP contribution < -0.4 is 0 Å². The fraction of sp³-hybridized carbons (Fsp3) is 0.833. The number of rotatable bonds is 26. The van der Waals surface area contributed by atoms with Crippen LogP contribution in [-0.4, -0.2) is 104 Å². The highest BCUT2D eigenvalue weighted by Crippen LogP contribution is 2.13. The molecule has 0 atom stereocenters. The van der Waals surface area contributed by atoms with Gasteiger partial charge in [0.1, 0.15) is 0 Å². The zero-order chi connectivity index (χ0) is 26.5. The van der Waals surface area contributed by atoms with Gasteiger partial charge in [0.05, 0.1) is 0 Å². The Bertz CT molecular complexity index is 330. The average Bonchev–Trinajstić information content (AvgIpc) is 2.87. The maximum Gasteiger partial charge on any atom is 0.0113 e. The molecule has 0 saturated heterocycles. The van der Waals surface area contributed by atoms with E-state index in [9.17, 15) is 0 Å². The first kappa shape index (κ1) is 42.8. The molecule has 35 heavy (non-hydrogen) atoms. The van der Waals surface area contributed by atoms with Crippen LogP contribution in [0.5, 0.6) is 0 Å². The van der Waals surface area contributed by atoms with Crippen molar-refractivity contribution in [3.8, 4) is 0 Å². The van der Waals surface area contributed by atoms with E-state index in [1.54, 1.807) is 0 Å². The fourth-order valence-corrected chi connectivity index (χ4v) is 9.27. The van der Waals surface area contributed by atoms with Gasteiger partial charge in [0.25, 0.3) is 0 Å². The van der Waals surface area contributed by atoms with Crippen LogP contribution in [-0.2, 0) is 0 Å². The molecule has 11 heteroatoms. The molecule has 0 amide bonds. The first-order chi connectivity index (χ1) is 17.2. The minimum atomic E-state index is 0.985. The van der Waals surface area contributed by atoms with Gasteiger partial charge in [0.15, 0.2) is 0 Å². The van der Waals surface area contributed by atoms with Gasteiger partial charge >= 0.3 is 0 Å². The predicted octanol–water partition coefficient (Wildman–Crippen LogP) is 8.96. The number of thioether (sulfide) groups is 7. The summed E-state index contributed by atoms with van der Waals surface area (Å²) in [5.41, 5.74) is 0. The normalized spacial score (nSPS) is 10.2. The van der Waals surface area contributed by atoms with Gasteiger partial charge in [-0.1, -0.05) is 12.2 Å². The van der Waals surface area contributed by atoms with E-state index in [1.165, 1.54) is 70.4 Å². The first-order valence-corrected chi connectivity index (χ1v) is 22.6. The first-order valence-electron chi connectivity index (χ1n) is 11.9. The molecule has 0 spiro atoms. The van der Waals surface area contributed by atoms with Gasteiger partial charge in [0, 0.05) is 57.5 Å². The molecule has 0 aromatic carbocycles. The summed E-state index contributed by atoms with van der Waals surface area (Å²) in [6, 6.07) is 0. The maximum absolute atomic E-state index is 4.22. The van der Waals surface area contributed by atoms with Gasteiger partial charge < -0.3 is 0 Å². The minimum absolute atomic E-state index is 0.985. The molecule has 0 radical (unpaired) electrons. The molecule has 0 aliphatic heterocycles. The summed E-state index contributed by atoms with van der Waals surface area (Å²) in [5, 5.41) is 0. The molecule has 0 saturated carbocycles. The van der Waals surface area contributed by atoms with Crippen LogP contribution in [0.15, 0.2) is 25.3 Å². The van der Waals surface area contributed by atoms with E-state index in [1.807, 2.05) is 59.2 Å². The zero-order valence-electron chi connectivity index (χ0n) is 21.4. The molecule has 212 valence electrons. The molecule has 0 aliphatic rings. The van der Waals surface area contributed by atoms with Gasteiger partial charge in [-0.25, -0.2) is 0 Å². The van der Waals surface area contributed by atoms with Crippen LogP contribution in [0.3, 0.4) is 0 Å². The molecule has 0 bridgehead atoms. The Balaban J connectivity index is -0.000000594. The number of hydrogen-bond acceptors (Lipinski definition) is 11. The molecule has 0 fully saturated rings. The molecular formula is C24H50S11. The molecule has 0 aromatic rings. The monoisotopic (exact) mass is 690 g/mol. The van der Waals surface area contributed by atoms with E-state index >= 15 is 0 Å². The van der Waals surface area contributed by atoms with Crippen molar-refractivity contribution in [1.29, 1.82) is 0 Å². The average molecular weight is 691 g/mol. The predicted molar refractivity (Wildman–Crippen MR) is 206 cm³/mol. The molecule has 0 aromatic heterocycles. The molecule has 0 unspecified atom stereocenters. The number of thiol groups is 4. The topological polar surface area (TPSA) is 0 Å². The Morgan fingerprint density at radius 3 is 0.914 bits per heavy atom. The second kappa shape index (κ2) is 47.1. The summed E-state index contributed by atoms with van der Waals surface area (Å²) in [7, 11) is 0. The highest BCUT2D eigenvalue weighted by Gasteiger charge is 1.95. The molecule has 0 N–H and O–H groups in total. The van der Waals surface area contributed by atoms with Crippen LogP contribution in [0.2, 0.25) is 0 Å². The van der Waals surface area contributed by atoms with Gasteiger partial charge in [-0.3, -0.25) is 0 Å². The van der Waals surface area contributed by atoms with E-state index in [2.05, 4.69) is 99.0 Å². The highest BCUT2D eigenvalue weighted by molar-refractivity contribution is 8.04. The zero-order valence-corrected chi connectivity index (χ0v) is 30.7. The van der Waals surface area contributed by atoms with Gasteiger partial charge in [-0.05, 0) is 58.9 Å². The second-order valence-corrected chi connectivity index (χ2v) is 16.6. The van der Waals surface area contributed by atoms with Crippen LogP contribution in [0, 0.1) is 0 Å². The van der Waals surface area contributed by atoms with Crippen molar-refractivity contribution in [1.82, 2.24) is 0 Å². The summed E-state index contributed by atoms with van der Waals surface area (Å²) < 4.78 is 0. The molecule has 0 aliphatic carbocycles. The van der Waals surface area contributed by atoms with Crippen molar-refractivity contribution >= 4 is 133 Å². The molecule has 0 nitrogen and oxygen atoms in total. The van der Waals surface area contributed by atoms with Crippen molar-refractivity contribution in [2.24, 2.45) is 0 Å². The van der Waals surface area contributed by atoms with Crippen LogP contribution in [0.25, 0.3) is 0 Å². The summed E-state index contributed by atoms with van der Waals surface area (Å²) in [6.07, 6.45) is 6.54. The standard InChI is InChI=1S/C14H30S7.C6H10S.C4H10S3/c15-3-9-20-13-11-18-7-1-5-17-6-2-8-19-12-14-21-10-4-16;1-3-5-7-6-4-2;5-1-3-7-4-2-6/h15-16H,1-14H2;3-4H,1-2,5-6H2;5-6H,1-4H2. The lowest BCUT2D eigenvalue weighted by Crippen LogP contribution is -1.93. The van der Waals surface area contributed by atoms with Crippen LogP contribution in [0.4, 0.5) is 0 Å². The van der Waals surface area contributed by atoms with Gasteiger partial charge in [0.2, 0.25) is 0 Å². The minimum Gasteiger partial charge on any atom is -0.179 e. The highest BCUT2D eigenvalue weighted by atomic mass is 32.2. The van der Waals surface area contributed by atoms with E-state index in [0.717, 1.165) is 46.0 Å². The third-order valence-corrected chi connectivity index (χ3v) is 13.1. The third kappa shape index (κ3) is 54.2. The van der Waals surface area contributed by atoms with Gasteiger partial charge in [-0.2, -0.15) is 133 Å². The Morgan fingerprint density at radius 2 is 0.629 bits per heavy atom. The van der Waals surface area contributed by atoms with E-state index < -0.39 is 0 Å². The molecule has 0 rings (SSSR count). The smallest absolute Gasteiger partial charge is 0.0113 e. The summed E-state index contributed by atoms with van der Waals surface area (Å²) in [6.45, 7) is 7.15. The SMILES string of the molecule is C=CCSCC=C.SCCSCCS.SCCSCCSCCCSCCCSCCSCCS. The summed E-state index contributed by atoms with van der Waals surface area (Å²) >= 11 is 30.7. The Hall–Kier alpha value is 3.33. The van der Waals surface area contributed by atoms with E-state index in [4.69, 9.17) is 0 Å². The van der Waals surface area contributed by atoms with Gasteiger partial charge in [-0.15, -0.1) is 13.2 Å². The van der Waals surface area contributed by atoms with E-state index in [0.29, 0.717) is 0 Å². The molecular weight excluding hydrogens is 641 g/mol. The van der Waals surface area contributed by atoms with Crippen molar-refractivity contribution in [3.63, 3.8) is 0 Å². The fourth-order valence-electron chi connectivity index (χ4n) is 1.87.